The summed E-state index contributed by atoms with van der Waals surface area (Å²) in [5, 5.41) is 4.34. The Morgan fingerprint density at radius 2 is 1.80 bits per heavy atom. The fourth-order valence-electron chi connectivity index (χ4n) is 2.21. The minimum atomic E-state index is 0.484. The largest absolute Gasteiger partial charge is 0.371 e. The molecule has 0 aliphatic carbocycles. The van der Waals surface area contributed by atoms with Gasteiger partial charge in [-0.05, 0) is 37.4 Å². The lowest BCUT2D eigenvalue weighted by atomic mass is 10.0. The van der Waals surface area contributed by atoms with Crippen molar-refractivity contribution < 1.29 is 0 Å². The minimum Gasteiger partial charge on any atom is -0.371 e. The molecular weight excluding hydrogens is 268 g/mol. The lowest BCUT2D eigenvalue weighted by molar-refractivity contribution is 0.503. The third-order valence-corrected chi connectivity index (χ3v) is 4.26. The zero-order chi connectivity index (χ0) is 15.3. The molecule has 0 aliphatic heterocycles. The maximum absolute atomic E-state index is 6.41. The Balaban J connectivity index is 2.92. The molecule has 0 saturated heterocycles. The van der Waals surface area contributed by atoms with E-state index in [1.165, 1.54) is 11.3 Å². The zero-order valence-corrected chi connectivity index (χ0v) is 14.5. The molecule has 0 saturated carbocycles. The Kier molecular flexibility index (Phi) is 6.84. The fraction of sp³-hybridized carbons (Fsp3) is 0.647. The third kappa shape index (κ3) is 4.68. The van der Waals surface area contributed by atoms with Crippen LogP contribution < -0.4 is 10.2 Å². The minimum absolute atomic E-state index is 0.484. The van der Waals surface area contributed by atoms with E-state index in [-0.39, 0.29) is 0 Å². The van der Waals surface area contributed by atoms with Crippen LogP contribution in [-0.2, 0) is 6.54 Å². The maximum atomic E-state index is 6.41. The molecular formula is C17H29ClN2. The Hall–Kier alpha value is -0.730. The van der Waals surface area contributed by atoms with E-state index < -0.39 is 0 Å². The van der Waals surface area contributed by atoms with Gasteiger partial charge in [0.25, 0.3) is 0 Å². The van der Waals surface area contributed by atoms with Crippen LogP contribution in [0.15, 0.2) is 18.2 Å². The van der Waals surface area contributed by atoms with Gasteiger partial charge in [0, 0.05) is 35.9 Å². The molecule has 0 heterocycles. The predicted octanol–water partition coefficient (Wildman–Crippen LogP) is 4.57. The summed E-state index contributed by atoms with van der Waals surface area (Å²) in [6, 6.07) is 6.66. The summed E-state index contributed by atoms with van der Waals surface area (Å²) in [6.45, 7) is 13.0. The second-order valence-electron chi connectivity index (χ2n) is 6.36. The lowest BCUT2D eigenvalue weighted by Gasteiger charge is -2.32. The number of benzene rings is 1. The fourth-order valence-corrected chi connectivity index (χ4v) is 2.44. The van der Waals surface area contributed by atoms with E-state index in [1.807, 2.05) is 12.1 Å². The second kappa shape index (κ2) is 7.90. The molecule has 1 atom stereocenters. The molecule has 1 unspecified atom stereocenters. The molecule has 0 aliphatic rings. The van der Waals surface area contributed by atoms with Gasteiger partial charge in [0.1, 0.15) is 0 Å². The van der Waals surface area contributed by atoms with Gasteiger partial charge in [0.15, 0.2) is 0 Å². The molecule has 0 fully saturated rings. The van der Waals surface area contributed by atoms with Gasteiger partial charge in [-0.3, -0.25) is 0 Å². The van der Waals surface area contributed by atoms with Crippen molar-refractivity contribution in [1.82, 2.24) is 5.32 Å². The molecule has 1 N–H and O–H groups in total. The van der Waals surface area contributed by atoms with Gasteiger partial charge in [-0.15, -0.1) is 0 Å². The first-order valence-electron chi connectivity index (χ1n) is 7.55. The molecule has 1 rings (SSSR count). The summed E-state index contributed by atoms with van der Waals surface area (Å²) >= 11 is 6.41. The van der Waals surface area contributed by atoms with Crippen LogP contribution in [0.3, 0.4) is 0 Å². The highest BCUT2D eigenvalue weighted by Gasteiger charge is 2.17. The van der Waals surface area contributed by atoms with Gasteiger partial charge in [-0.2, -0.15) is 0 Å². The standard InChI is InChI=1S/C17H29ClN2/c1-12(2)10-19-11-15-16(18)8-7-9-17(15)20(6)14(5)13(3)4/h7-9,12-14,19H,10-11H2,1-6H3. The van der Waals surface area contributed by atoms with Crippen molar-refractivity contribution in [1.29, 1.82) is 0 Å². The number of rotatable bonds is 7. The highest BCUT2D eigenvalue weighted by Crippen LogP contribution is 2.29. The molecule has 3 heteroatoms. The summed E-state index contributed by atoms with van der Waals surface area (Å²) < 4.78 is 0. The van der Waals surface area contributed by atoms with Crippen LogP contribution >= 0.6 is 11.6 Å². The summed E-state index contributed by atoms with van der Waals surface area (Å²) in [7, 11) is 2.16. The number of hydrogen-bond donors (Lipinski definition) is 1. The van der Waals surface area contributed by atoms with Crippen LogP contribution in [-0.4, -0.2) is 19.6 Å². The first-order valence-corrected chi connectivity index (χ1v) is 7.93. The van der Waals surface area contributed by atoms with Crippen molar-refractivity contribution >= 4 is 17.3 Å². The molecule has 0 spiro atoms. The molecule has 20 heavy (non-hydrogen) atoms. The molecule has 0 radical (unpaired) electrons. The second-order valence-corrected chi connectivity index (χ2v) is 6.76. The Labute approximate surface area is 129 Å². The molecule has 0 aromatic heterocycles. The summed E-state index contributed by atoms with van der Waals surface area (Å²) in [5.41, 5.74) is 2.43. The molecule has 0 bridgehead atoms. The first-order chi connectivity index (χ1) is 9.34. The lowest BCUT2D eigenvalue weighted by Crippen LogP contribution is -2.34. The number of halogens is 1. The van der Waals surface area contributed by atoms with Gasteiger partial charge >= 0.3 is 0 Å². The van der Waals surface area contributed by atoms with Gasteiger partial charge in [0.2, 0.25) is 0 Å². The average molecular weight is 297 g/mol. The van der Waals surface area contributed by atoms with Crippen molar-refractivity contribution in [3.05, 3.63) is 28.8 Å². The van der Waals surface area contributed by atoms with E-state index in [9.17, 15) is 0 Å². The monoisotopic (exact) mass is 296 g/mol. The van der Waals surface area contributed by atoms with E-state index in [4.69, 9.17) is 11.6 Å². The van der Waals surface area contributed by atoms with Crippen molar-refractivity contribution in [3.63, 3.8) is 0 Å². The summed E-state index contributed by atoms with van der Waals surface area (Å²) in [5.74, 6) is 1.25. The molecule has 1 aromatic rings. The van der Waals surface area contributed by atoms with E-state index in [0.29, 0.717) is 17.9 Å². The number of nitrogens with one attached hydrogen (secondary N) is 1. The topological polar surface area (TPSA) is 15.3 Å². The van der Waals surface area contributed by atoms with Crippen molar-refractivity contribution in [2.24, 2.45) is 11.8 Å². The quantitative estimate of drug-likeness (QED) is 0.793. The Bertz CT molecular complexity index is 415. The summed E-state index contributed by atoms with van der Waals surface area (Å²) in [4.78, 5) is 2.34. The van der Waals surface area contributed by atoms with Gasteiger partial charge < -0.3 is 10.2 Å². The Morgan fingerprint density at radius 1 is 1.15 bits per heavy atom. The Morgan fingerprint density at radius 3 is 2.35 bits per heavy atom. The normalized spacial score (nSPS) is 13.1. The number of nitrogens with zero attached hydrogens (tertiary/aromatic N) is 1. The third-order valence-electron chi connectivity index (χ3n) is 3.90. The number of anilines is 1. The summed E-state index contributed by atoms with van der Waals surface area (Å²) in [6.07, 6.45) is 0. The highest BCUT2D eigenvalue weighted by atomic mass is 35.5. The molecule has 0 amide bonds. The van der Waals surface area contributed by atoms with Crippen LogP contribution in [0, 0.1) is 11.8 Å². The highest BCUT2D eigenvalue weighted by molar-refractivity contribution is 6.31. The molecule has 1 aromatic carbocycles. The smallest absolute Gasteiger partial charge is 0.0471 e. The van der Waals surface area contributed by atoms with Crippen molar-refractivity contribution in [2.45, 2.75) is 47.2 Å². The SMILES string of the molecule is CC(C)CNCc1c(Cl)cccc1N(C)C(C)C(C)C. The van der Waals surface area contributed by atoms with E-state index >= 15 is 0 Å². The number of hydrogen-bond acceptors (Lipinski definition) is 2. The van der Waals surface area contributed by atoms with E-state index in [0.717, 1.165) is 18.1 Å². The van der Waals surface area contributed by atoms with E-state index in [2.05, 4.69) is 57.9 Å². The van der Waals surface area contributed by atoms with Crippen LogP contribution in [0.4, 0.5) is 5.69 Å². The van der Waals surface area contributed by atoms with Crippen LogP contribution in [0.1, 0.15) is 40.2 Å². The van der Waals surface area contributed by atoms with Gasteiger partial charge in [-0.25, -0.2) is 0 Å². The average Bonchev–Trinajstić information content (AvgIpc) is 2.38. The zero-order valence-electron chi connectivity index (χ0n) is 13.7. The van der Waals surface area contributed by atoms with E-state index in [1.54, 1.807) is 0 Å². The van der Waals surface area contributed by atoms with Gasteiger partial charge in [0.05, 0.1) is 0 Å². The first kappa shape index (κ1) is 17.3. The van der Waals surface area contributed by atoms with Crippen LogP contribution in [0.25, 0.3) is 0 Å². The molecule has 2 nitrogen and oxygen atoms in total. The van der Waals surface area contributed by atoms with Crippen molar-refractivity contribution in [3.8, 4) is 0 Å². The van der Waals surface area contributed by atoms with Crippen LogP contribution in [0.2, 0.25) is 5.02 Å². The molecule has 114 valence electrons. The predicted molar refractivity (Wildman–Crippen MR) is 90.7 cm³/mol. The maximum Gasteiger partial charge on any atom is 0.0471 e. The van der Waals surface area contributed by atoms with Gasteiger partial charge in [-0.1, -0.05) is 45.4 Å². The van der Waals surface area contributed by atoms with Crippen LogP contribution in [0.5, 0.6) is 0 Å². The van der Waals surface area contributed by atoms with Crippen molar-refractivity contribution in [2.75, 3.05) is 18.5 Å².